The quantitative estimate of drug-likeness (QED) is 0.898. The van der Waals surface area contributed by atoms with Gasteiger partial charge < -0.3 is 14.8 Å². The summed E-state index contributed by atoms with van der Waals surface area (Å²) < 4.78 is 11.2. The molecule has 5 nitrogen and oxygen atoms in total. The van der Waals surface area contributed by atoms with Gasteiger partial charge in [0, 0.05) is 18.5 Å². The number of ether oxygens (including phenoxy) is 2. The molecule has 0 radical (unpaired) electrons. The Balaban J connectivity index is 1.66. The van der Waals surface area contributed by atoms with E-state index in [0.717, 1.165) is 24.3 Å². The van der Waals surface area contributed by atoms with Crippen molar-refractivity contribution in [1.29, 1.82) is 0 Å². The number of fused-ring (bicyclic) bond motifs is 1. The van der Waals surface area contributed by atoms with Crippen LogP contribution in [0.15, 0.2) is 18.2 Å². The van der Waals surface area contributed by atoms with Gasteiger partial charge in [-0.25, -0.2) is 4.79 Å². The van der Waals surface area contributed by atoms with Crippen molar-refractivity contribution in [1.82, 2.24) is 10.2 Å². The Morgan fingerprint density at radius 1 is 1.28 bits per heavy atom. The first-order valence-corrected chi connectivity index (χ1v) is 9.38. The molecule has 0 aliphatic carbocycles. The Morgan fingerprint density at radius 3 is 2.76 bits per heavy atom. The van der Waals surface area contributed by atoms with Gasteiger partial charge in [-0.3, -0.25) is 4.90 Å². The van der Waals surface area contributed by atoms with E-state index < -0.39 is 5.60 Å². The number of rotatable bonds is 3. The van der Waals surface area contributed by atoms with Crippen LogP contribution in [0.5, 0.6) is 5.75 Å². The van der Waals surface area contributed by atoms with Crippen LogP contribution < -0.4 is 10.1 Å². The number of hydrogen-bond donors (Lipinski definition) is 1. The molecule has 2 aliphatic heterocycles. The van der Waals surface area contributed by atoms with Gasteiger partial charge in [0.2, 0.25) is 0 Å². The Hall–Kier alpha value is -1.75. The fourth-order valence-corrected chi connectivity index (χ4v) is 3.51. The van der Waals surface area contributed by atoms with Gasteiger partial charge in [-0.2, -0.15) is 0 Å². The smallest absolute Gasteiger partial charge is 0.408 e. The van der Waals surface area contributed by atoms with E-state index in [1.165, 1.54) is 37.9 Å². The number of amides is 1. The number of benzene rings is 1. The number of piperidine rings is 1. The van der Waals surface area contributed by atoms with Crippen LogP contribution in [0.2, 0.25) is 0 Å². The summed E-state index contributed by atoms with van der Waals surface area (Å²) in [6, 6.07) is 6.33. The zero-order valence-electron chi connectivity index (χ0n) is 15.6. The van der Waals surface area contributed by atoms with Crippen LogP contribution in [0.4, 0.5) is 4.79 Å². The van der Waals surface area contributed by atoms with Crippen molar-refractivity contribution in [3.8, 4) is 5.75 Å². The zero-order chi connectivity index (χ0) is 17.9. The Bertz CT molecular complexity index is 603. The predicted molar refractivity (Wildman–Crippen MR) is 97.8 cm³/mol. The van der Waals surface area contributed by atoms with Crippen molar-refractivity contribution in [3.63, 3.8) is 0 Å². The van der Waals surface area contributed by atoms with E-state index >= 15 is 0 Å². The lowest BCUT2D eigenvalue weighted by molar-refractivity contribution is 0.0491. The highest BCUT2D eigenvalue weighted by atomic mass is 16.6. The molecule has 1 saturated heterocycles. The number of carbonyl (C=O) groups is 1. The van der Waals surface area contributed by atoms with Gasteiger partial charge in [-0.05, 0) is 58.3 Å². The summed E-state index contributed by atoms with van der Waals surface area (Å²) in [4.78, 5) is 14.6. The molecule has 2 aliphatic rings. The topological polar surface area (TPSA) is 50.8 Å². The number of likely N-dealkylation sites (tertiary alicyclic amines) is 1. The van der Waals surface area contributed by atoms with Gasteiger partial charge >= 0.3 is 6.09 Å². The molecular weight excluding hydrogens is 316 g/mol. The molecule has 1 amide bonds. The first-order valence-electron chi connectivity index (χ1n) is 9.38. The summed E-state index contributed by atoms with van der Waals surface area (Å²) in [7, 11) is 0. The molecule has 2 heterocycles. The summed E-state index contributed by atoms with van der Waals surface area (Å²) in [5.41, 5.74) is 1.83. The van der Waals surface area contributed by atoms with Crippen molar-refractivity contribution >= 4 is 6.09 Å². The molecule has 25 heavy (non-hydrogen) atoms. The summed E-state index contributed by atoms with van der Waals surface area (Å²) in [6.45, 7) is 9.56. The van der Waals surface area contributed by atoms with E-state index in [2.05, 4.69) is 28.4 Å². The highest BCUT2D eigenvalue weighted by molar-refractivity contribution is 5.68. The minimum atomic E-state index is -0.490. The van der Waals surface area contributed by atoms with Crippen LogP contribution in [-0.4, -0.2) is 36.3 Å². The van der Waals surface area contributed by atoms with Crippen molar-refractivity contribution in [2.24, 2.45) is 0 Å². The summed E-state index contributed by atoms with van der Waals surface area (Å²) >= 11 is 0. The third kappa shape index (κ3) is 5.11. The highest BCUT2D eigenvalue weighted by Gasteiger charge is 2.26. The van der Waals surface area contributed by atoms with Gasteiger partial charge in [-0.15, -0.1) is 0 Å². The molecule has 1 atom stereocenters. The molecule has 1 aromatic carbocycles. The molecule has 0 aromatic heterocycles. The lowest BCUT2D eigenvalue weighted by Crippen LogP contribution is -2.36. The molecule has 3 rings (SSSR count). The molecular formula is C20H30N2O3. The third-order valence-electron chi connectivity index (χ3n) is 4.66. The monoisotopic (exact) mass is 346 g/mol. The second-order valence-corrected chi connectivity index (χ2v) is 8.04. The maximum Gasteiger partial charge on any atom is 0.408 e. The van der Waals surface area contributed by atoms with E-state index in [9.17, 15) is 4.79 Å². The molecule has 0 saturated carbocycles. The third-order valence-corrected chi connectivity index (χ3v) is 4.66. The number of nitrogens with one attached hydrogen (secondary N) is 1. The summed E-state index contributed by atoms with van der Waals surface area (Å²) in [5.74, 6) is 0.891. The fraction of sp³-hybridized carbons (Fsp3) is 0.650. The van der Waals surface area contributed by atoms with Crippen LogP contribution >= 0.6 is 0 Å². The number of hydrogen-bond acceptors (Lipinski definition) is 4. The van der Waals surface area contributed by atoms with Crippen molar-refractivity contribution in [2.45, 2.75) is 64.6 Å². The maximum atomic E-state index is 12.1. The molecule has 0 unspecified atom stereocenters. The van der Waals surface area contributed by atoms with Crippen LogP contribution in [-0.2, 0) is 11.3 Å². The van der Waals surface area contributed by atoms with Gasteiger partial charge in [0.05, 0.1) is 12.6 Å². The average Bonchev–Trinajstić information content (AvgIpc) is 2.54. The van der Waals surface area contributed by atoms with E-state index in [1.807, 2.05) is 20.8 Å². The van der Waals surface area contributed by atoms with E-state index in [4.69, 9.17) is 9.47 Å². The molecule has 138 valence electrons. The van der Waals surface area contributed by atoms with Crippen molar-refractivity contribution in [3.05, 3.63) is 29.3 Å². The van der Waals surface area contributed by atoms with Crippen LogP contribution in [0, 0.1) is 0 Å². The molecule has 0 spiro atoms. The first kappa shape index (κ1) is 18.1. The minimum absolute atomic E-state index is 0.0531. The Morgan fingerprint density at radius 2 is 2.04 bits per heavy atom. The van der Waals surface area contributed by atoms with Gasteiger partial charge in [-0.1, -0.05) is 18.6 Å². The minimum Gasteiger partial charge on any atom is -0.493 e. The second kappa shape index (κ2) is 7.65. The Kier molecular flexibility index (Phi) is 5.52. The maximum absolute atomic E-state index is 12.1. The normalized spacial score (nSPS) is 21.2. The number of carbonyl (C=O) groups excluding carboxylic acids is 1. The average molecular weight is 346 g/mol. The highest BCUT2D eigenvalue weighted by Crippen LogP contribution is 2.33. The van der Waals surface area contributed by atoms with E-state index in [1.54, 1.807) is 0 Å². The van der Waals surface area contributed by atoms with Gasteiger partial charge in [0.15, 0.2) is 0 Å². The van der Waals surface area contributed by atoms with Gasteiger partial charge in [0.25, 0.3) is 0 Å². The largest absolute Gasteiger partial charge is 0.493 e. The molecule has 1 N–H and O–H groups in total. The van der Waals surface area contributed by atoms with Crippen LogP contribution in [0.25, 0.3) is 0 Å². The van der Waals surface area contributed by atoms with Crippen molar-refractivity contribution < 1.29 is 14.3 Å². The fourth-order valence-electron chi connectivity index (χ4n) is 3.51. The second-order valence-electron chi connectivity index (χ2n) is 8.04. The number of nitrogens with zero attached hydrogens (tertiary/aromatic N) is 1. The summed E-state index contributed by atoms with van der Waals surface area (Å²) in [6.07, 6.45) is 4.33. The van der Waals surface area contributed by atoms with E-state index in [-0.39, 0.29) is 12.1 Å². The number of alkyl carbamates (subject to hydrolysis) is 1. The van der Waals surface area contributed by atoms with Crippen LogP contribution in [0.1, 0.15) is 63.6 Å². The molecule has 5 heteroatoms. The zero-order valence-corrected chi connectivity index (χ0v) is 15.6. The van der Waals surface area contributed by atoms with Gasteiger partial charge in [0.1, 0.15) is 11.4 Å². The van der Waals surface area contributed by atoms with Crippen molar-refractivity contribution in [2.75, 3.05) is 19.7 Å². The lowest BCUT2D eigenvalue weighted by Gasteiger charge is -2.30. The SMILES string of the molecule is CC(C)(C)OC(=O)N[C@@H]1CCOc2cc(CN3CCCCC3)ccc21. The predicted octanol–water partition coefficient (Wildman–Crippen LogP) is 4.02. The lowest BCUT2D eigenvalue weighted by atomic mass is 9.98. The first-order chi connectivity index (χ1) is 11.9. The molecule has 0 bridgehead atoms. The molecule has 1 aromatic rings. The summed E-state index contributed by atoms with van der Waals surface area (Å²) in [5, 5.41) is 2.98. The van der Waals surface area contributed by atoms with Crippen LogP contribution in [0.3, 0.4) is 0 Å². The molecule has 1 fully saturated rings. The standard InChI is InChI=1S/C20H30N2O3/c1-20(2,3)25-19(23)21-17-9-12-24-18-13-15(7-8-16(17)18)14-22-10-5-4-6-11-22/h7-8,13,17H,4-6,9-12,14H2,1-3H3,(H,21,23)/t17-/m1/s1. The van der Waals surface area contributed by atoms with E-state index in [0.29, 0.717) is 6.61 Å². The Labute approximate surface area is 150 Å².